The van der Waals surface area contributed by atoms with Crippen molar-refractivity contribution in [2.24, 2.45) is 5.92 Å². The number of benzene rings is 2. The number of amides is 2. The molecule has 0 aromatic heterocycles. The van der Waals surface area contributed by atoms with Gasteiger partial charge in [-0.15, -0.1) is 0 Å². The van der Waals surface area contributed by atoms with Gasteiger partial charge in [0, 0.05) is 82.3 Å². The monoisotopic (exact) mass is 625 g/mol. The highest BCUT2D eigenvalue weighted by Crippen LogP contribution is 2.37. The van der Waals surface area contributed by atoms with Crippen LogP contribution in [-0.2, 0) is 27.1 Å². The lowest BCUT2D eigenvalue weighted by Crippen LogP contribution is -2.52. The zero-order chi connectivity index (χ0) is 32.3. The Kier molecular flexibility index (Phi) is 13.2. The Labute approximate surface area is 268 Å². The smallest absolute Gasteiger partial charge is 0.253 e. The van der Waals surface area contributed by atoms with E-state index in [1.165, 1.54) is 6.07 Å². The lowest BCUT2D eigenvalue weighted by Gasteiger charge is -2.38. The third kappa shape index (κ3) is 9.05. The van der Waals surface area contributed by atoms with Gasteiger partial charge in [0.1, 0.15) is 11.6 Å². The summed E-state index contributed by atoms with van der Waals surface area (Å²) in [7, 11) is 3.35. The molecule has 45 heavy (non-hydrogen) atoms. The largest absolute Gasteiger partial charge is 0.493 e. The van der Waals surface area contributed by atoms with Crippen LogP contribution in [0.4, 0.5) is 4.39 Å². The number of likely N-dealkylation sites (tertiary alicyclic amines) is 1. The molecule has 0 radical (unpaired) electrons. The van der Waals surface area contributed by atoms with Crippen molar-refractivity contribution in [2.75, 3.05) is 60.2 Å². The van der Waals surface area contributed by atoms with Gasteiger partial charge in [0.25, 0.3) is 5.91 Å². The third-order valence-corrected chi connectivity index (χ3v) is 9.09. The fourth-order valence-corrected chi connectivity index (χ4v) is 6.70. The van der Waals surface area contributed by atoms with Crippen molar-refractivity contribution in [3.8, 4) is 16.9 Å². The number of carbonyl (C=O) groups is 2. The molecule has 2 aromatic rings. The number of carbonyl (C=O) groups excluding carboxylic acids is 2. The molecule has 2 amide bonds. The number of methoxy groups -OCH3 is 2. The summed E-state index contributed by atoms with van der Waals surface area (Å²) in [6.45, 7) is 10.9. The molecular formula is C36H52FN3O5. The molecule has 248 valence electrons. The van der Waals surface area contributed by atoms with Crippen LogP contribution in [-0.4, -0.2) is 93.9 Å². The van der Waals surface area contributed by atoms with Crippen molar-refractivity contribution in [3.05, 3.63) is 52.8 Å². The molecule has 4 rings (SSSR count). The predicted octanol–water partition coefficient (Wildman–Crippen LogP) is 5.50. The van der Waals surface area contributed by atoms with E-state index in [9.17, 15) is 9.59 Å². The number of rotatable bonds is 14. The van der Waals surface area contributed by atoms with E-state index in [0.717, 1.165) is 49.9 Å². The van der Waals surface area contributed by atoms with E-state index in [4.69, 9.17) is 14.2 Å². The first-order valence-corrected chi connectivity index (χ1v) is 16.6. The van der Waals surface area contributed by atoms with Crippen LogP contribution in [0.3, 0.4) is 0 Å². The van der Waals surface area contributed by atoms with Crippen molar-refractivity contribution >= 4 is 11.8 Å². The number of hydrogen-bond acceptors (Lipinski definition) is 6. The summed E-state index contributed by atoms with van der Waals surface area (Å²) in [4.78, 5) is 31.2. The van der Waals surface area contributed by atoms with Crippen LogP contribution in [0.1, 0.15) is 74.4 Å². The molecule has 2 aliphatic heterocycles. The van der Waals surface area contributed by atoms with Gasteiger partial charge >= 0.3 is 0 Å². The zero-order valence-corrected chi connectivity index (χ0v) is 27.8. The van der Waals surface area contributed by atoms with E-state index in [1.807, 2.05) is 28.9 Å². The van der Waals surface area contributed by atoms with Crippen LogP contribution >= 0.6 is 0 Å². The van der Waals surface area contributed by atoms with E-state index in [-0.39, 0.29) is 30.3 Å². The Bertz CT molecular complexity index is 1270. The van der Waals surface area contributed by atoms with E-state index in [2.05, 4.69) is 19.2 Å². The second kappa shape index (κ2) is 17.1. The molecule has 2 aliphatic rings. The number of ether oxygens (including phenoxy) is 3. The molecule has 2 aromatic carbocycles. The van der Waals surface area contributed by atoms with Crippen molar-refractivity contribution < 1.29 is 28.2 Å². The molecule has 9 heteroatoms. The molecule has 0 unspecified atom stereocenters. The predicted molar refractivity (Wildman–Crippen MR) is 175 cm³/mol. The SMILES string of the molecule is CCc1cc(-c2cc(C(=O)N3CCC(COC)CC3)ccc2F)c(OCCCOC)cc1CC(=O)N(C(C)C)[C@@H]1CCCNC1. The van der Waals surface area contributed by atoms with Crippen LogP contribution in [0, 0.1) is 11.7 Å². The molecule has 2 heterocycles. The van der Waals surface area contributed by atoms with E-state index in [0.29, 0.717) is 74.1 Å². The molecule has 8 nitrogen and oxygen atoms in total. The number of nitrogens with one attached hydrogen (secondary N) is 1. The lowest BCUT2D eigenvalue weighted by molar-refractivity contribution is -0.135. The molecule has 0 spiro atoms. The molecule has 2 fully saturated rings. The number of hydrogen-bond donors (Lipinski definition) is 1. The molecule has 1 N–H and O–H groups in total. The first-order chi connectivity index (χ1) is 21.8. The first-order valence-electron chi connectivity index (χ1n) is 16.6. The molecule has 2 saturated heterocycles. The fourth-order valence-electron chi connectivity index (χ4n) is 6.70. The summed E-state index contributed by atoms with van der Waals surface area (Å²) in [5, 5.41) is 3.43. The Morgan fingerprint density at radius 1 is 1.02 bits per heavy atom. The van der Waals surface area contributed by atoms with Gasteiger partial charge in [-0.25, -0.2) is 4.39 Å². The topological polar surface area (TPSA) is 80.3 Å². The molecule has 0 aliphatic carbocycles. The van der Waals surface area contributed by atoms with Crippen molar-refractivity contribution in [1.29, 1.82) is 0 Å². The number of aryl methyl sites for hydroxylation is 1. The minimum absolute atomic E-state index is 0.0802. The zero-order valence-electron chi connectivity index (χ0n) is 27.8. The Morgan fingerprint density at radius 2 is 1.80 bits per heavy atom. The molecule has 0 saturated carbocycles. The summed E-state index contributed by atoms with van der Waals surface area (Å²) in [5.74, 6) is 0.516. The van der Waals surface area contributed by atoms with Gasteiger partial charge in [-0.2, -0.15) is 0 Å². The summed E-state index contributed by atoms with van der Waals surface area (Å²) < 4.78 is 32.4. The Morgan fingerprint density at radius 3 is 2.44 bits per heavy atom. The number of nitrogens with zero attached hydrogens (tertiary/aromatic N) is 2. The summed E-state index contributed by atoms with van der Waals surface area (Å²) in [6, 6.07) is 8.69. The Hall–Kier alpha value is -3.01. The maximum atomic E-state index is 15.6. The van der Waals surface area contributed by atoms with Crippen LogP contribution in [0.15, 0.2) is 30.3 Å². The molecule has 1 atom stereocenters. The first kappa shape index (κ1) is 34.9. The van der Waals surface area contributed by atoms with Crippen LogP contribution in [0.25, 0.3) is 11.1 Å². The quantitative estimate of drug-likeness (QED) is 0.280. The highest BCUT2D eigenvalue weighted by Gasteiger charge is 2.29. The maximum absolute atomic E-state index is 15.6. The highest BCUT2D eigenvalue weighted by atomic mass is 19.1. The average molecular weight is 626 g/mol. The maximum Gasteiger partial charge on any atom is 0.253 e. The van der Waals surface area contributed by atoms with Gasteiger partial charge in [-0.3, -0.25) is 9.59 Å². The average Bonchev–Trinajstić information content (AvgIpc) is 3.04. The van der Waals surface area contributed by atoms with Crippen LogP contribution in [0.2, 0.25) is 0 Å². The number of halogens is 1. The molecule has 0 bridgehead atoms. The van der Waals surface area contributed by atoms with Crippen LogP contribution < -0.4 is 10.1 Å². The number of piperidine rings is 2. The Balaban J connectivity index is 1.65. The van der Waals surface area contributed by atoms with Gasteiger partial charge in [-0.05, 0) is 99.9 Å². The van der Waals surface area contributed by atoms with Gasteiger partial charge in [0.05, 0.1) is 13.0 Å². The van der Waals surface area contributed by atoms with Crippen LogP contribution in [0.5, 0.6) is 5.75 Å². The minimum atomic E-state index is -0.422. The normalized spacial score (nSPS) is 17.5. The van der Waals surface area contributed by atoms with Gasteiger partial charge < -0.3 is 29.3 Å². The van der Waals surface area contributed by atoms with Crippen molar-refractivity contribution in [2.45, 2.75) is 77.8 Å². The second-order valence-corrected chi connectivity index (χ2v) is 12.6. The third-order valence-electron chi connectivity index (χ3n) is 9.09. The van der Waals surface area contributed by atoms with Crippen molar-refractivity contribution in [1.82, 2.24) is 15.1 Å². The van der Waals surface area contributed by atoms with Gasteiger partial charge in [0.15, 0.2) is 0 Å². The van der Waals surface area contributed by atoms with Gasteiger partial charge in [0.2, 0.25) is 5.91 Å². The molecular weight excluding hydrogens is 573 g/mol. The van der Waals surface area contributed by atoms with Gasteiger partial charge in [-0.1, -0.05) is 6.92 Å². The second-order valence-electron chi connectivity index (χ2n) is 12.6. The standard InChI is InChI=1S/C36H52FN3O5/c1-6-27-19-32(31-20-28(10-11-33(31)37)36(42)39-15-12-26(13-16-39)24-44-5)34(45-18-8-17-43-4)21-29(27)22-35(41)40(25(2)3)30-9-7-14-38-23-30/h10-11,19-21,25-26,30,38H,6-9,12-18,22-24H2,1-5H3/t30-/m1/s1. The highest BCUT2D eigenvalue weighted by molar-refractivity contribution is 5.96. The van der Waals surface area contributed by atoms with E-state index in [1.54, 1.807) is 26.4 Å². The fraction of sp³-hybridized carbons (Fsp3) is 0.611. The van der Waals surface area contributed by atoms with E-state index < -0.39 is 5.82 Å². The summed E-state index contributed by atoms with van der Waals surface area (Å²) >= 11 is 0. The summed E-state index contributed by atoms with van der Waals surface area (Å²) in [6.07, 6.45) is 5.39. The van der Waals surface area contributed by atoms with Crippen molar-refractivity contribution in [3.63, 3.8) is 0 Å². The summed E-state index contributed by atoms with van der Waals surface area (Å²) in [5.41, 5.74) is 3.21. The lowest BCUT2D eigenvalue weighted by atomic mass is 9.92. The minimum Gasteiger partial charge on any atom is -0.493 e. The van der Waals surface area contributed by atoms with E-state index >= 15 is 4.39 Å².